The van der Waals surface area contributed by atoms with Crippen LogP contribution in [0.4, 0.5) is 27.6 Å². The van der Waals surface area contributed by atoms with Crippen LogP contribution < -0.4 is 10.1 Å². The number of aryl methyl sites for hydroxylation is 2. The summed E-state index contributed by atoms with van der Waals surface area (Å²) in [7, 11) is 0. The van der Waals surface area contributed by atoms with Crippen LogP contribution in [0.5, 0.6) is 5.75 Å². The molecule has 0 spiro atoms. The molecule has 0 radical (unpaired) electrons. The smallest absolute Gasteiger partial charge is 0.433 e. The summed E-state index contributed by atoms with van der Waals surface area (Å²) in [6.07, 6.45) is -4.96. The molecule has 27 heavy (non-hydrogen) atoms. The Hall–Kier alpha value is -2.36. The van der Waals surface area contributed by atoms with Gasteiger partial charge in [0.2, 0.25) is 5.91 Å². The summed E-state index contributed by atoms with van der Waals surface area (Å²) in [6.45, 7) is -0.213. The zero-order valence-corrected chi connectivity index (χ0v) is 15.0. The van der Waals surface area contributed by atoms with Gasteiger partial charge < -0.3 is 10.1 Å². The number of amides is 1. The Labute approximate surface area is 156 Å². The molecule has 1 N–H and O–H groups in total. The highest BCUT2D eigenvalue weighted by molar-refractivity contribution is 6.31. The van der Waals surface area contributed by atoms with Crippen molar-refractivity contribution in [2.24, 2.45) is 0 Å². The molecule has 2 aromatic rings. The lowest BCUT2D eigenvalue weighted by atomic mass is 10.2. The van der Waals surface area contributed by atoms with Crippen molar-refractivity contribution in [1.82, 2.24) is 9.78 Å². The average Bonchev–Trinajstić information content (AvgIpc) is 2.83. The van der Waals surface area contributed by atoms with Crippen molar-refractivity contribution in [3.63, 3.8) is 0 Å². The summed E-state index contributed by atoms with van der Waals surface area (Å²) < 4.78 is 68.6. The molecule has 0 bridgehead atoms. The third-order valence-corrected chi connectivity index (χ3v) is 4.03. The number of hydrogen-bond acceptors (Lipinski definition) is 3. The van der Waals surface area contributed by atoms with E-state index in [2.05, 4.69) is 15.2 Å². The van der Waals surface area contributed by atoms with Crippen LogP contribution in [0.2, 0.25) is 5.02 Å². The van der Waals surface area contributed by atoms with Gasteiger partial charge in [0.15, 0.2) is 5.69 Å². The van der Waals surface area contributed by atoms with Gasteiger partial charge in [0.25, 0.3) is 0 Å². The van der Waals surface area contributed by atoms with E-state index in [9.17, 15) is 26.7 Å². The number of nitrogens with one attached hydrogen (secondary N) is 1. The second-order valence-corrected chi connectivity index (χ2v) is 6.02. The van der Waals surface area contributed by atoms with E-state index >= 15 is 0 Å². The number of carbonyl (C=O) groups is 1. The maximum atomic E-state index is 12.8. The van der Waals surface area contributed by atoms with Crippen LogP contribution in [0, 0.1) is 13.8 Å². The monoisotopic (exact) mass is 411 g/mol. The van der Waals surface area contributed by atoms with Crippen LogP contribution in [0.25, 0.3) is 0 Å². The molecular weight excluding hydrogens is 397 g/mol. The van der Waals surface area contributed by atoms with Crippen LogP contribution in [0.1, 0.15) is 23.4 Å². The lowest BCUT2D eigenvalue weighted by molar-refractivity contribution is -0.141. The lowest BCUT2D eigenvalue weighted by Gasteiger charge is -2.13. The second-order valence-electron chi connectivity index (χ2n) is 5.65. The topological polar surface area (TPSA) is 56.1 Å². The molecule has 0 saturated carbocycles. The fourth-order valence-corrected chi connectivity index (χ4v) is 2.53. The molecule has 0 aliphatic heterocycles. The number of alkyl halides is 5. The highest BCUT2D eigenvalue weighted by atomic mass is 35.5. The van der Waals surface area contributed by atoms with Gasteiger partial charge in [-0.2, -0.15) is 27.1 Å². The van der Waals surface area contributed by atoms with Crippen molar-refractivity contribution in [1.29, 1.82) is 0 Å². The minimum Gasteiger partial charge on any atom is -0.433 e. The number of rotatable bonds is 6. The summed E-state index contributed by atoms with van der Waals surface area (Å²) in [4.78, 5) is 12.1. The number of ether oxygens (including phenoxy) is 1. The van der Waals surface area contributed by atoms with Crippen molar-refractivity contribution < 1.29 is 31.5 Å². The van der Waals surface area contributed by atoms with Crippen molar-refractivity contribution in [3.05, 3.63) is 40.2 Å². The number of aromatic nitrogens is 2. The highest BCUT2D eigenvalue weighted by Crippen LogP contribution is 2.35. The SMILES string of the molecule is Cc1ccc(OC(F)F)c(NC(=O)CCn2nc(C(F)(F)F)c(Cl)c2C)c1. The van der Waals surface area contributed by atoms with Crippen molar-refractivity contribution >= 4 is 23.2 Å². The van der Waals surface area contributed by atoms with E-state index in [-0.39, 0.29) is 30.1 Å². The minimum absolute atomic E-state index is 0.0338. The standard InChI is InChI=1S/C16H15ClF5N3O2/c1-8-3-4-11(27-15(18)19)10(7-8)23-12(26)5-6-25-9(2)13(17)14(24-25)16(20,21)22/h3-4,7,15H,5-6H2,1-2H3,(H,23,26). The number of hydrogen-bond donors (Lipinski definition) is 1. The van der Waals surface area contributed by atoms with E-state index < -0.39 is 29.4 Å². The molecule has 1 aromatic carbocycles. The van der Waals surface area contributed by atoms with Crippen LogP contribution >= 0.6 is 11.6 Å². The first-order valence-corrected chi connectivity index (χ1v) is 8.02. The molecule has 0 atom stereocenters. The molecule has 1 aromatic heterocycles. The quantitative estimate of drug-likeness (QED) is 0.694. The van der Waals surface area contributed by atoms with E-state index in [0.29, 0.717) is 5.56 Å². The van der Waals surface area contributed by atoms with Gasteiger partial charge >= 0.3 is 12.8 Å². The lowest BCUT2D eigenvalue weighted by Crippen LogP contribution is -2.17. The van der Waals surface area contributed by atoms with Gasteiger partial charge in [0.05, 0.1) is 22.9 Å². The molecule has 5 nitrogen and oxygen atoms in total. The van der Waals surface area contributed by atoms with Gasteiger partial charge in [-0.05, 0) is 31.5 Å². The zero-order valence-electron chi connectivity index (χ0n) is 14.2. The molecule has 0 fully saturated rings. The van der Waals surface area contributed by atoms with Crippen molar-refractivity contribution in [2.75, 3.05) is 5.32 Å². The molecule has 0 unspecified atom stereocenters. The van der Waals surface area contributed by atoms with Crippen LogP contribution in [0.3, 0.4) is 0 Å². The number of benzene rings is 1. The molecule has 1 heterocycles. The Kier molecular flexibility index (Phi) is 6.30. The third kappa shape index (κ3) is 5.31. The summed E-state index contributed by atoms with van der Waals surface area (Å²) in [5.74, 6) is -0.832. The fourth-order valence-electron chi connectivity index (χ4n) is 2.28. The molecular formula is C16H15ClF5N3O2. The summed E-state index contributed by atoms with van der Waals surface area (Å²) in [5.41, 5.74) is -0.439. The van der Waals surface area contributed by atoms with Crippen LogP contribution in [-0.2, 0) is 17.5 Å². The maximum Gasteiger partial charge on any atom is 0.436 e. The second kappa shape index (κ2) is 8.12. The third-order valence-electron chi connectivity index (χ3n) is 3.58. The first kappa shape index (κ1) is 20.9. The number of halogens is 6. The van der Waals surface area contributed by atoms with E-state index in [1.165, 1.54) is 25.1 Å². The van der Waals surface area contributed by atoms with Crippen LogP contribution in [-0.4, -0.2) is 22.3 Å². The van der Waals surface area contributed by atoms with E-state index in [4.69, 9.17) is 11.6 Å². The predicted molar refractivity (Wildman–Crippen MR) is 88.0 cm³/mol. The zero-order chi connectivity index (χ0) is 20.4. The molecule has 11 heteroatoms. The largest absolute Gasteiger partial charge is 0.436 e. The first-order valence-electron chi connectivity index (χ1n) is 7.64. The minimum atomic E-state index is -4.71. The Bertz CT molecular complexity index is 836. The number of nitrogens with zero attached hydrogens (tertiary/aromatic N) is 2. The number of anilines is 1. The van der Waals surface area contributed by atoms with Gasteiger partial charge in [-0.15, -0.1) is 0 Å². The highest BCUT2D eigenvalue weighted by Gasteiger charge is 2.38. The van der Waals surface area contributed by atoms with E-state index in [1.807, 2.05) is 0 Å². The van der Waals surface area contributed by atoms with Gasteiger partial charge in [-0.3, -0.25) is 9.48 Å². The van der Waals surface area contributed by atoms with Gasteiger partial charge in [0, 0.05) is 6.42 Å². The van der Waals surface area contributed by atoms with E-state index in [0.717, 1.165) is 4.68 Å². The van der Waals surface area contributed by atoms with E-state index in [1.54, 1.807) is 6.92 Å². The van der Waals surface area contributed by atoms with Crippen molar-refractivity contribution in [3.8, 4) is 5.75 Å². The van der Waals surface area contributed by atoms with Gasteiger partial charge in [0.1, 0.15) is 5.75 Å². The fraction of sp³-hybridized carbons (Fsp3) is 0.375. The molecule has 1 amide bonds. The first-order chi connectivity index (χ1) is 12.5. The normalized spacial score (nSPS) is 11.7. The molecule has 2 rings (SSSR count). The summed E-state index contributed by atoms with van der Waals surface area (Å²) in [6, 6.07) is 4.25. The van der Waals surface area contributed by atoms with Gasteiger partial charge in [-0.25, -0.2) is 0 Å². The van der Waals surface area contributed by atoms with Gasteiger partial charge in [-0.1, -0.05) is 17.7 Å². The maximum absolute atomic E-state index is 12.8. The van der Waals surface area contributed by atoms with Crippen LogP contribution in [0.15, 0.2) is 18.2 Å². The Balaban J connectivity index is 2.09. The Morgan fingerprint density at radius 1 is 1.33 bits per heavy atom. The molecule has 0 aliphatic carbocycles. The summed E-state index contributed by atoms with van der Waals surface area (Å²) >= 11 is 5.64. The van der Waals surface area contributed by atoms with Crippen molar-refractivity contribution in [2.45, 2.75) is 39.6 Å². The Morgan fingerprint density at radius 3 is 2.56 bits per heavy atom. The average molecular weight is 412 g/mol. The molecule has 148 valence electrons. The molecule has 0 aliphatic rings. The summed E-state index contributed by atoms with van der Waals surface area (Å²) in [5, 5.41) is 5.26. The number of carbonyl (C=O) groups excluding carboxylic acids is 1. The predicted octanol–water partition coefficient (Wildman–Crippen LogP) is 4.80. The molecule has 0 saturated heterocycles. The Morgan fingerprint density at radius 2 is 2.00 bits per heavy atom.